The molecule has 3 N–H and O–H groups in total. The minimum Gasteiger partial charge on any atom is -0.507 e. The van der Waals surface area contributed by atoms with Gasteiger partial charge in [0.2, 0.25) is 5.91 Å². The van der Waals surface area contributed by atoms with Gasteiger partial charge in [-0.3, -0.25) is 14.5 Å². The molecular weight excluding hydrogens is 524 g/mol. The number of anilines is 3. The molecule has 0 aliphatic heterocycles. The third-order valence-electron chi connectivity index (χ3n) is 6.36. The van der Waals surface area contributed by atoms with E-state index >= 15 is 0 Å². The summed E-state index contributed by atoms with van der Waals surface area (Å²) in [5.74, 6) is -3.12. The largest absolute Gasteiger partial charge is 0.507 e. The van der Waals surface area contributed by atoms with Gasteiger partial charge in [-0.15, -0.1) is 0 Å². The SMILES string of the molecule is CC(=O)N(c1ccc(/C=C/c2ccc(O)c(C(=O)O)c2)cc1)c1ccc(N(C)C(=O)c2ccc(C(=O)O)cc2)cc1. The summed E-state index contributed by atoms with van der Waals surface area (Å²) in [7, 11) is 1.61. The first-order valence-electron chi connectivity index (χ1n) is 12.4. The van der Waals surface area contributed by atoms with E-state index in [1.165, 1.54) is 53.1 Å². The van der Waals surface area contributed by atoms with Crippen LogP contribution in [0.25, 0.3) is 12.2 Å². The van der Waals surface area contributed by atoms with Crippen molar-refractivity contribution in [3.63, 3.8) is 0 Å². The number of amides is 2. The van der Waals surface area contributed by atoms with Gasteiger partial charge in [-0.2, -0.15) is 0 Å². The van der Waals surface area contributed by atoms with E-state index in [1.54, 1.807) is 61.7 Å². The molecule has 4 aromatic carbocycles. The standard InChI is InChI=1S/C32H26N2O7/c1-20(35)34(26-12-5-21(6-13-26)3-4-22-7-18-29(36)28(19-22)32(40)41)27-16-14-25(15-17-27)33(2)30(37)23-8-10-24(11-9-23)31(38)39/h3-19,36H,1-2H3,(H,38,39)(H,40,41)/b4-3+. The molecule has 0 radical (unpaired) electrons. The lowest BCUT2D eigenvalue weighted by Crippen LogP contribution is -2.26. The fraction of sp³-hybridized carbons (Fsp3) is 0.0625. The van der Waals surface area contributed by atoms with E-state index in [4.69, 9.17) is 5.11 Å². The average Bonchev–Trinajstić information content (AvgIpc) is 2.97. The number of nitrogens with zero attached hydrogens (tertiary/aromatic N) is 2. The van der Waals surface area contributed by atoms with Crippen LogP contribution in [0.15, 0.2) is 91.0 Å². The summed E-state index contributed by atoms with van der Waals surface area (Å²) >= 11 is 0. The van der Waals surface area contributed by atoms with E-state index in [-0.39, 0.29) is 28.7 Å². The average molecular weight is 551 g/mol. The highest BCUT2D eigenvalue weighted by Gasteiger charge is 2.17. The summed E-state index contributed by atoms with van der Waals surface area (Å²) in [6.45, 7) is 1.45. The summed E-state index contributed by atoms with van der Waals surface area (Å²) in [4.78, 5) is 50.7. The molecule has 0 aliphatic carbocycles. The van der Waals surface area contributed by atoms with Crippen LogP contribution < -0.4 is 9.80 Å². The predicted octanol–water partition coefficient (Wildman–Crippen LogP) is 5.92. The smallest absolute Gasteiger partial charge is 0.339 e. The van der Waals surface area contributed by atoms with Gasteiger partial charge >= 0.3 is 11.9 Å². The number of benzene rings is 4. The summed E-state index contributed by atoms with van der Waals surface area (Å²) in [5.41, 5.74) is 3.48. The zero-order valence-electron chi connectivity index (χ0n) is 22.2. The van der Waals surface area contributed by atoms with E-state index in [1.807, 2.05) is 12.1 Å². The fourth-order valence-corrected chi connectivity index (χ4v) is 4.16. The number of carbonyl (C=O) groups excluding carboxylic acids is 2. The molecule has 9 heteroatoms. The van der Waals surface area contributed by atoms with Gasteiger partial charge in [0.05, 0.1) is 5.56 Å². The second-order valence-electron chi connectivity index (χ2n) is 9.12. The molecule has 0 spiro atoms. The number of aromatic hydroxyl groups is 1. The molecule has 0 fully saturated rings. The Balaban J connectivity index is 1.50. The first-order chi connectivity index (χ1) is 19.5. The van der Waals surface area contributed by atoms with Crippen molar-refractivity contribution in [1.82, 2.24) is 0 Å². The third kappa shape index (κ3) is 6.48. The van der Waals surface area contributed by atoms with Crippen LogP contribution in [-0.4, -0.2) is 46.1 Å². The monoisotopic (exact) mass is 550 g/mol. The van der Waals surface area contributed by atoms with Gasteiger partial charge < -0.3 is 20.2 Å². The van der Waals surface area contributed by atoms with E-state index < -0.39 is 11.9 Å². The van der Waals surface area contributed by atoms with Gasteiger partial charge in [0.25, 0.3) is 5.91 Å². The van der Waals surface area contributed by atoms with Gasteiger partial charge in [-0.05, 0) is 83.9 Å². The van der Waals surface area contributed by atoms with E-state index in [0.29, 0.717) is 28.2 Å². The van der Waals surface area contributed by atoms with Crippen molar-refractivity contribution in [2.24, 2.45) is 0 Å². The summed E-state index contributed by atoms with van der Waals surface area (Å²) < 4.78 is 0. The van der Waals surface area contributed by atoms with Crippen LogP contribution >= 0.6 is 0 Å². The number of carboxylic acids is 2. The molecule has 0 saturated heterocycles. The predicted molar refractivity (Wildman–Crippen MR) is 156 cm³/mol. The van der Waals surface area contributed by atoms with Crippen molar-refractivity contribution in [2.45, 2.75) is 6.92 Å². The number of hydrogen-bond donors (Lipinski definition) is 3. The molecule has 41 heavy (non-hydrogen) atoms. The van der Waals surface area contributed by atoms with Gasteiger partial charge in [0.15, 0.2) is 0 Å². The molecule has 4 rings (SSSR count). The highest BCUT2D eigenvalue weighted by molar-refractivity contribution is 6.06. The Kier molecular flexibility index (Phi) is 8.29. The van der Waals surface area contributed by atoms with E-state index in [0.717, 1.165) is 5.56 Å². The quantitative estimate of drug-likeness (QED) is 0.232. The highest BCUT2D eigenvalue weighted by atomic mass is 16.4. The molecule has 2 amide bonds. The first-order valence-corrected chi connectivity index (χ1v) is 12.4. The third-order valence-corrected chi connectivity index (χ3v) is 6.36. The molecule has 0 aliphatic rings. The van der Waals surface area contributed by atoms with Gasteiger partial charge in [0, 0.05) is 36.6 Å². The van der Waals surface area contributed by atoms with Gasteiger partial charge in [0.1, 0.15) is 11.3 Å². The van der Waals surface area contributed by atoms with Crippen molar-refractivity contribution in [1.29, 1.82) is 0 Å². The lowest BCUT2D eigenvalue weighted by molar-refractivity contribution is -0.115. The van der Waals surface area contributed by atoms with Crippen molar-refractivity contribution in [3.05, 3.63) is 119 Å². The van der Waals surface area contributed by atoms with Crippen LogP contribution in [0.4, 0.5) is 17.1 Å². The van der Waals surface area contributed by atoms with E-state index in [2.05, 4.69) is 0 Å². The summed E-state index contributed by atoms with van der Waals surface area (Å²) in [6.07, 6.45) is 3.51. The Morgan fingerprint density at radius 2 is 1.12 bits per heavy atom. The Morgan fingerprint density at radius 3 is 1.66 bits per heavy atom. The Morgan fingerprint density at radius 1 is 0.634 bits per heavy atom. The van der Waals surface area contributed by atoms with Crippen molar-refractivity contribution < 1.29 is 34.5 Å². The summed E-state index contributed by atoms with van der Waals surface area (Å²) in [5, 5.41) is 27.9. The van der Waals surface area contributed by atoms with Crippen molar-refractivity contribution >= 4 is 53.0 Å². The molecule has 0 saturated carbocycles. The number of rotatable bonds is 8. The van der Waals surface area contributed by atoms with Crippen LogP contribution in [0.3, 0.4) is 0 Å². The maximum atomic E-state index is 12.9. The lowest BCUT2D eigenvalue weighted by Gasteiger charge is -2.23. The van der Waals surface area contributed by atoms with Crippen LogP contribution in [0.1, 0.15) is 49.1 Å². The van der Waals surface area contributed by atoms with Crippen LogP contribution in [0.5, 0.6) is 5.75 Å². The fourth-order valence-electron chi connectivity index (χ4n) is 4.16. The topological polar surface area (TPSA) is 135 Å². The van der Waals surface area contributed by atoms with Crippen LogP contribution in [0, 0.1) is 0 Å². The highest BCUT2D eigenvalue weighted by Crippen LogP contribution is 2.29. The Hall–Kier alpha value is -5.70. The molecule has 4 aromatic rings. The molecule has 0 heterocycles. The number of carboxylic acid groups (broad SMARTS) is 2. The van der Waals surface area contributed by atoms with Gasteiger partial charge in [-0.25, -0.2) is 9.59 Å². The van der Waals surface area contributed by atoms with Crippen molar-refractivity contribution in [2.75, 3.05) is 16.8 Å². The van der Waals surface area contributed by atoms with Crippen molar-refractivity contribution in [3.8, 4) is 5.75 Å². The molecule has 206 valence electrons. The molecular formula is C32H26N2O7. The second-order valence-corrected chi connectivity index (χ2v) is 9.12. The second kappa shape index (κ2) is 12.0. The Labute approximate surface area is 235 Å². The maximum Gasteiger partial charge on any atom is 0.339 e. The number of carbonyl (C=O) groups is 4. The summed E-state index contributed by atoms with van der Waals surface area (Å²) in [6, 6.07) is 24.1. The molecule has 0 atom stereocenters. The number of phenols is 1. The van der Waals surface area contributed by atoms with E-state index in [9.17, 15) is 29.4 Å². The zero-order valence-corrected chi connectivity index (χ0v) is 22.2. The molecule has 0 unspecified atom stereocenters. The van der Waals surface area contributed by atoms with Gasteiger partial charge in [-0.1, -0.05) is 30.4 Å². The Bertz CT molecular complexity index is 1640. The first kappa shape index (κ1) is 28.3. The normalized spacial score (nSPS) is 10.8. The molecule has 0 aromatic heterocycles. The van der Waals surface area contributed by atoms with Crippen LogP contribution in [-0.2, 0) is 4.79 Å². The van der Waals surface area contributed by atoms with Crippen LogP contribution in [0.2, 0.25) is 0 Å². The molecule has 0 bridgehead atoms. The molecule has 9 nitrogen and oxygen atoms in total. The number of aromatic carboxylic acids is 2. The minimum absolute atomic E-state index is 0.0913. The lowest BCUT2D eigenvalue weighted by atomic mass is 10.1. The number of hydrogen-bond acceptors (Lipinski definition) is 5. The maximum absolute atomic E-state index is 12.9. The minimum atomic E-state index is -1.22. The zero-order chi connectivity index (χ0) is 29.7.